The Labute approximate surface area is 108 Å². The van der Waals surface area contributed by atoms with Crippen LogP contribution in [0.4, 0.5) is 10.1 Å². The van der Waals surface area contributed by atoms with Crippen molar-refractivity contribution in [2.45, 2.75) is 0 Å². The van der Waals surface area contributed by atoms with E-state index < -0.39 is 5.82 Å². The van der Waals surface area contributed by atoms with Crippen molar-refractivity contribution >= 4 is 28.9 Å². The van der Waals surface area contributed by atoms with Crippen molar-refractivity contribution in [3.8, 4) is 11.5 Å². The first-order valence-corrected chi connectivity index (χ1v) is 5.50. The summed E-state index contributed by atoms with van der Waals surface area (Å²) in [6.45, 7) is 0. The first-order chi connectivity index (χ1) is 8.06. The van der Waals surface area contributed by atoms with Gasteiger partial charge in [0, 0.05) is 11.8 Å². The molecule has 0 saturated carbocycles. The Bertz CT molecular complexity index is 560. The van der Waals surface area contributed by atoms with Gasteiger partial charge in [-0.3, -0.25) is 0 Å². The van der Waals surface area contributed by atoms with Gasteiger partial charge in [0.15, 0.2) is 0 Å². The number of ether oxygens (including phenoxy) is 1. The molecule has 2 aromatic carbocycles. The van der Waals surface area contributed by atoms with Crippen LogP contribution in [0.25, 0.3) is 0 Å². The summed E-state index contributed by atoms with van der Waals surface area (Å²) >= 11 is 11.6. The zero-order valence-corrected chi connectivity index (χ0v) is 10.1. The van der Waals surface area contributed by atoms with E-state index in [9.17, 15) is 4.39 Å². The summed E-state index contributed by atoms with van der Waals surface area (Å²) in [7, 11) is 0. The minimum absolute atomic E-state index is 0.00549. The average Bonchev–Trinajstić information content (AvgIpc) is 2.27. The number of anilines is 1. The van der Waals surface area contributed by atoms with Crippen LogP contribution in [0.3, 0.4) is 0 Å². The smallest absolute Gasteiger partial charge is 0.146 e. The molecule has 5 heteroatoms. The van der Waals surface area contributed by atoms with Gasteiger partial charge in [-0.15, -0.1) is 0 Å². The molecule has 0 saturated heterocycles. The van der Waals surface area contributed by atoms with E-state index in [2.05, 4.69) is 0 Å². The van der Waals surface area contributed by atoms with Crippen LogP contribution in [-0.2, 0) is 0 Å². The van der Waals surface area contributed by atoms with Crippen LogP contribution in [0.1, 0.15) is 0 Å². The summed E-state index contributed by atoms with van der Waals surface area (Å²) < 4.78 is 18.4. The first kappa shape index (κ1) is 12.0. The first-order valence-electron chi connectivity index (χ1n) is 4.74. The lowest BCUT2D eigenvalue weighted by Gasteiger charge is -2.08. The van der Waals surface area contributed by atoms with Crippen molar-refractivity contribution in [2.75, 3.05) is 5.73 Å². The van der Waals surface area contributed by atoms with Gasteiger partial charge >= 0.3 is 0 Å². The van der Waals surface area contributed by atoms with E-state index >= 15 is 0 Å². The minimum Gasteiger partial charge on any atom is -0.456 e. The number of rotatable bonds is 2. The number of nitrogen functional groups attached to an aromatic ring is 1. The molecule has 88 valence electrons. The lowest BCUT2D eigenvalue weighted by Crippen LogP contribution is -1.89. The van der Waals surface area contributed by atoms with E-state index in [1.54, 1.807) is 18.2 Å². The highest BCUT2D eigenvalue weighted by Gasteiger charge is 2.06. The number of benzene rings is 2. The Morgan fingerprint density at radius 1 is 1.00 bits per heavy atom. The maximum atomic E-state index is 12.9. The molecule has 17 heavy (non-hydrogen) atoms. The molecule has 2 rings (SSSR count). The molecule has 2 nitrogen and oxygen atoms in total. The second-order valence-electron chi connectivity index (χ2n) is 3.37. The topological polar surface area (TPSA) is 35.2 Å². The summed E-state index contributed by atoms with van der Waals surface area (Å²) in [5.41, 5.74) is 6.10. The fourth-order valence-corrected chi connectivity index (χ4v) is 1.67. The molecule has 0 unspecified atom stereocenters. The fraction of sp³-hybridized carbons (Fsp3) is 0. The Balaban J connectivity index is 2.28. The molecule has 0 aliphatic rings. The molecule has 0 heterocycles. The standard InChI is InChI=1S/C12H8Cl2FNO/c13-9-6-8(2-3-11(9)15)17-12-4-1-7(16)5-10(12)14/h1-6H,16H2. The van der Waals surface area contributed by atoms with E-state index in [-0.39, 0.29) is 5.02 Å². The Morgan fingerprint density at radius 3 is 2.41 bits per heavy atom. The average molecular weight is 272 g/mol. The molecule has 2 aromatic rings. The molecule has 0 radical (unpaired) electrons. The van der Waals surface area contributed by atoms with E-state index in [0.29, 0.717) is 22.2 Å². The molecular weight excluding hydrogens is 264 g/mol. The summed E-state index contributed by atoms with van der Waals surface area (Å²) in [6.07, 6.45) is 0. The van der Waals surface area contributed by atoms with Crippen LogP contribution in [-0.4, -0.2) is 0 Å². The summed E-state index contributed by atoms with van der Waals surface area (Å²) in [6, 6.07) is 8.93. The second-order valence-corrected chi connectivity index (χ2v) is 4.18. The number of hydrogen-bond acceptors (Lipinski definition) is 2. The quantitative estimate of drug-likeness (QED) is 0.816. The van der Waals surface area contributed by atoms with Crippen molar-refractivity contribution in [1.82, 2.24) is 0 Å². The van der Waals surface area contributed by atoms with Gasteiger partial charge in [0.1, 0.15) is 17.3 Å². The maximum absolute atomic E-state index is 12.9. The van der Waals surface area contributed by atoms with Gasteiger partial charge in [-0.1, -0.05) is 23.2 Å². The predicted octanol–water partition coefficient (Wildman–Crippen LogP) is 4.51. The Kier molecular flexibility index (Phi) is 3.41. The summed E-state index contributed by atoms with van der Waals surface area (Å²) in [5, 5.41) is 0.375. The summed E-state index contributed by atoms with van der Waals surface area (Å²) in [5.74, 6) is 0.342. The van der Waals surface area contributed by atoms with Crippen molar-refractivity contribution < 1.29 is 9.13 Å². The van der Waals surface area contributed by atoms with Gasteiger partial charge < -0.3 is 10.5 Å². The molecule has 2 N–H and O–H groups in total. The Morgan fingerprint density at radius 2 is 1.76 bits per heavy atom. The van der Waals surface area contributed by atoms with Crippen LogP contribution in [0.2, 0.25) is 10.0 Å². The molecule has 0 spiro atoms. The molecule has 0 fully saturated rings. The highest BCUT2D eigenvalue weighted by molar-refractivity contribution is 6.32. The van der Waals surface area contributed by atoms with Crippen LogP contribution < -0.4 is 10.5 Å². The minimum atomic E-state index is -0.498. The number of halogens is 3. The molecule has 0 atom stereocenters. The molecule has 0 aromatic heterocycles. The third-order valence-corrected chi connectivity index (χ3v) is 2.66. The zero-order chi connectivity index (χ0) is 12.4. The monoisotopic (exact) mass is 271 g/mol. The molecule has 0 aliphatic carbocycles. The van der Waals surface area contributed by atoms with E-state index in [1.807, 2.05) is 0 Å². The second kappa shape index (κ2) is 4.82. The van der Waals surface area contributed by atoms with Crippen molar-refractivity contribution in [3.63, 3.8) is 0 Å². The van der Waals surface area contributed by atoms with Crippen LogP contribution in [0, 0.1) is 5.82 Å². The lowest BCUT2D eigenvalue weighted by atomic mass is 10.3. The molecular formula is C12H8Cl2FNO. The fourth-order valence-electron chi connectivity index (χ4n) is 1.27. The third-order valence-electron chi connectivity index (χ3n) is 2.07. The van der Waals surface area contributed by atoms with Gasteiger partial charge in [-0.05, 0) is 30.3 Å². The van der Waals surface area contributed by atoms with Crippen LogP contribution >= 0.6 is 23.2 Å². The maximum Gasteiger partial charge on any atom is 0.146 e. The highest BCUT2D eigenvalue weighted by atomic mass is 35.5. The Hall–Kier alpha value is -1.45. The largest absolute Gasteiger partial charge is 0.456 e. The summed E-state index contributed by atoms with van der Waals surface area (Å²) in [4.78, 5) is 0. The lowest BCUT2D eigenvalue weighted by molar-refractivity contribution is 0.481. The van der Waals surface area contributed by atoms with Crippen LogP contribution in [0.5, 0.6) is 11.5 Å². The molecule has 0 bridgehead atoms. The van der Waals surface area contributed by atoms with Gasteiger partial charge in [0.25, 0.3) is 0 Å². The number of nitrogens with two attached hydrogens (primary N) is 1. The van der Waals surface area contributed by atoms with Gasteiger partial charge in [0.2, 0.25) is 0 Å². The van der Waals surface area contributed by atoms with Crippen molar-refractivity contribution in [2.24, 2.45) is 0 Å². The molecule has 0 aliphatic heterocycles. The van der Waals surface area contributed by atoms with E-state index in [1.165, 1.54) is 18.2 Å². The van der Waals surface area contributed by atoms with Gasteiger partial charge in [0.05, 0.1) is 10.0 Å². The third kappa shape index (κ3) is 2.81. The van der Waals surface area contributed by atoms with E-state index in [4.69, 9.17) is 33.7 Å². The predicted molar refractivity (Wildman–Crippen MR) is 67.3 cm³/mol. The van der Waals surface area contributed by atoms with Gasteiger partial charge in [-0.25, -0.2) is 4.39 Å². The van der Waals surface area contributed by atoms with Crippen molar-refractivity contribution in [1.29, 1.82) is 0 Å². The van der Waals surface area contributed by atoms with E-state index in [0.717, 1.165) is 0 Å². The number of hydrogen-bond donors (Lipinski definition) is 1. The van der Waals surface area contributed by atoms with Gasteiger partial charge in [-0.2, -0.15) is 0 Å². The van der Waals surface area contributed by atoms with Crippen LogP contribution in [0.15, 0.2) is 36.4 Å². The SMILES string of the molecule is Nc1ccc(Oc2ccc(F)c(Cl)c2)c(Cl)c1. The van der Waals surface area contributed by atoms with Crippen molar-refractivity contribution in [3.05, 3.63) is 52.3 Å². The normalized spacial score (nSPS) is 10.3. The highest BCUT2D eigenvalue weighted by Crippen LogP contribution is 2.32. The zero-order valence-electron chi connectivity index (χ0n) is 8.58. The molecule has 0 amide bonds.